The van der Waals surface area contributed by atoms with E-state index in [0.29, 0.717) is 0 Å². The average Bonchev–Trinajstić information content (AvgIpc) is 2.83. The first-order valence-corrected chi connectivity index (χ1v) is 8.45. The molecule has 0 atom stereocenters. The Balaban J connectivity index is 1.98. The lowest BCUT2D eigenvalue weighted by Crippen LogP contribution is -2.18. The van der Waals surface area contributed by atoms with Crippen molar-refractivity contribution in [3.63, 3.8) is 0 Å². The summed E-state index contributed by atoms with van der Waals surface area (Å²) in [5, 5.41) is 5.52. The molecule has 0 aliphatic carbocycles. The Morgan fingerprint density at radius 3 is 2.95 bits per heavy atom. The summed E-state index contributed by atoms with van der Waals surface area (Å²) in [6.45, 7) is 4.98. The number of rotatable bonds is 7. The van der Waals surface area contributed by atoms with Crippen LogP contribution >= 0.6 is 27.3 Å². The van der Waals surface area contributed by atoms with Crippen LogP contribution in [0.1, 0.15) is 23.8 Å². The summed E-state index contributed by atoms with van der Waals surface area (Å²) in [6.07, 6.45) is 2.95. The molecular formula is C15H20BrN3S. The van der Waals surface area contributed by atoms with Crippen LogP contribution in [0.3, 0.4) is 0 Å². The van der Waals surface area contributed by atoms with E-state index in [1.165, 1.54) is 10.4 Å². The van der Waals surface area contributed by atoms with Crippen LogP contribution < -0.4 is 5.32 Å². The maximum Gasteiger partial charge on any atom is 0.130 e. The highest BCUT2D eigenvalue weighted by Gasteiger charge is 2.08. The summed E-state index contributed by atoms with van der Waals surface area (Å²) >= 11 is 5.29. The zero-order chi connectivity index (χ0) is 14.4. The molecule has 0 unspecified atom stereocenters. The van der Waals surface area contributed by atoms with Crippen molar-refractivity contribution in [2.75, 3.05) is 18.9 Å². The predicted molar refractivity (Wildman–Crippen MR) is 90.2 cm³/mol. The van der Waals surface area contributed by atoms with Crippen molar-refractivity contribution in [3.8, 4) is 0 Å². The smallest absolute Gasteiger partial charge is 0.130 e. The highest BCUT2D eigenvalue weighted by molar-refractivity contribution is 9.10. The molecule has 0 aliphatic rings. The molecule has 2 aromatic rings. The largest absolute Gasteiger partial charge is 0.370 e. The van der Waals surface area contributed by atoms with Crippen molar-refractivity contribution in [2.24, 2.45) is 0 Å². The monoisotopic (exact) mass is 353 g/mol. The van der Waals surface area contributed by atoms with Crippen molar-refractivity contribution < 1.29 is 0 Å². The first-order valence-electron chi connectivity index (χ1n) is 6.78. The third kappa shape index (κ3) is 4.58. The van der Waals surface area contributed by atoms with Gasteiger partial charge in [-0.15, -0.1) is 11.3 Å². The lowest BCUT2D eigenvalue weighted by molar-refractivity contribution is 0.322. The Hall–Kier alpha value is -0.910. The van der Waals surface area contributed by atoms with E-state index in [-0.39, 0.29) is 0 Å². The lowest BCUT2D eigenvalue weighted by atomic mass is 10.2. The molecule has 0 aromatic carbocycles. The lowest BCUT2D eigenvalue weighted by Gasteiger charge is -2.18. The van der Waals surface area contributed by atoms with Gasteiger partial charge in [0.2, 0.25) is 0 Å². The quantitative estimate of drug-likeness (QED) is 0.801. The van der Waals surface area contributed by atoms with Crippen molar-refractivity contribution in [2.45, 2.75) is 26.4 Å². The summed E-state index contributed by atoms with van der Waals surface area (Å²) in [5.41, 5.74) is 1.25. The van der Waals surface area contributed by atoms with Gasteiger partial charge < -0.3 is 5.32 Å². The van der Waals surface area contributed by atoms with Crippen molar-refractivity contribution in [3.05, 3.63) is 44.7 Å². The van der Waals surface area contributed by atoms with Gasteiger partial charge in [0, 0.05) is 46.1 Å². The normalized spacial score (nSPS) is 11.0. The van der Waals surface area contributed by atoms with Gasteiger partial charge in [-0.25, -0.2) is 4.98 Å². The number of hydrogen-bond donors (Lipinski definition) is 1. The number of halogens is 1. The highest BCUT2D eigenvalue weighted by Crippen LogP contribution is 2.22. The molecule has 0 saturated carbocycles. The molecule has 1 N–H and O–H groups in total. The number of pyridine rings is 1. The molecule has 0 amide bonds. The Bertz CT molecular complexity index is 541. The van der Waals surface area contributed by atoms with Gasteiger partial charge in [0.25, 0.3) is 0 Å². The maximum atomic E-state index is 4.44. The molecule has 0 spiro atoms. The van der Waals surface area contributed by atoms with Crippen LogP contribution in [0.4, 0.5) is 5.82 Å². The van der Waals surface area contributed by atoms with Crippen LogP contribution in [0.25, 0.3) is 0 Å². The summed E-state index contributed by atoms with van der Waals surface area (Å²) in [4.78, 5) is 8.12. The number of hydrogen-bond acceptors (Lipinski definition) is 4. The molecule has 5 heteroatoms. The number of aromatic nitrogens is 1. The van der Waals surface area contributed by atoms with Gasteiger partial charge in [-0.1, -0.05) is 13.0 Å². The third-order valence-corrected chi connectivity index (χ3v) is 4.60. The number of anilines is 1. The van der Waals surface area contributed by atoms with Crippen LogP contribution in [0.5, 0.6) is 0 Å². The minimum Gasteiger partial charge on any atom is -0.370 e. The predicted octanol–water partition coefficient (Wildman–Crippen LogP) is 4.36. The summed E-state index contributed by atoms with van der Waals surface area (Å²) in [5.74, 6) is 1.01. The fourth-order valence-corrected chi connectivity index (χ4v) is 3.55. The summed E-state index contributed by atoms with van der Waals surface area (Å²) in [6, 6.07) is 6.33. The molecule has 2 aromatic heterocycles. The fourth-order valence-electron chi connectivity index (χ4n) is 2.02. The molecule has 3 nitrogen and oxygen atoms in total. The van der Waals surface area contributed by atoms with E-state index in [0.717, 1.165) is 36.3 Å². The van der Waals surface area contributed by atoms with Gasteiger partial charge in [0.1, 0.15) is 5.82 Å². The first-order chi connectivity index (χ1) is 9.69. The Kier molecular flexibility index (Phi) is 6.01. The van der Waals surface area contributed by atoms with E-state index in [4.69, 9.17) is 0 Å². The van der Waals surface area contributed by atoms with Gasteiger partial charge in [-0.05, 0) is 41.5 Å². The van der Waals surface area contributed by atoms with E-state index >= 15 is 0 Å². The molecule has 0 fully saturated rings. The van der Waals surface area contributed by atoms with Crippen molar-refractivity contribution in [1.29, 1.82) is 0 Å². The van der Waals surface area contributed by atoms with Crippen LogP contribution in [0, 0.1) is 0 Å². The SMILES string of the molecule is CCCNc1ncccc1CN(C)Cc1cc(Br)cs1. The third-order valence-electron chi connectivity index (χ3n) is 2.92. The zero-order valence-electron chi connectivity index (χ0n) is 11.9. The van der Waals surface area contributed by atoms with Gasteiger partial charge in [0.15, 0.2) is 0 Å². The van der Waals surface area contributed by atoms with Gasteiger partial charge in [-0.3, -0.25) is 4.90 Å². The Morgan fingerprint density at radius 2 is 2.25 bits per heavy atom. The van der Waals surface area contributed by atoms with Crippen molar-refractivity contribution in [1.82, 2.24) is 9.88 Å². The van der Waals surface area contributed by atoms with Crippen LogP contribution in [-0.4, -0.2) is 23.5 Å². The number of thiophene rings is 1. The Morgan fingerprint density at radius 1 is 1.40 bits per heavy atom. The standard InChI is InChI=1S/C15H20BrN3S/c1-3-6-17-15-12(5-4-7-18-15)9-19(2)10-14-8-13(16)11-20-14/h4-5,7-8,11H,3,6,9-10H2,1-2H3,(H,17,18). The second kappa shape index (κ2) is 7.76. The fraction of sp³-hybridized carbons (Fsp3) is 0.400. The van der Waals surface area contributed by atoms with Gasteiger partial charge >= 0.3 is 0 Å². The second-order valence-corrected chi connectivity index (χ2v) is 6.75. The molecule has 0 saturated heterocycles. The van der Waals surface area contributed by atoms with E-state index in [1.807, 2.05) is 12.3 Å². The molecule has 20 heavy (non-hydrogen) atoms. The minimum atomic E-state index is 0.898. The van der Waals surface area contributed by atoms with Crippen LogP contribution in [0.2, 0.25) is 0 Å². The molecule has 0 bridgehead atoms. The number of nitrogens with one attached hydrogen (secondary N) is 1. The Labute approximate surface area is 133 Å². The summed E-state index contributed by atoms with van der Waals surface area (Å²) < 4.78 is 1.16. The highest BCUT2D eigenvalue weighted by atomic mass is 79.9. The molecule has 0 aliphatic heterocycles. The molecular weight excluding hydrogens is 334 g/mol. The second-order valence-electron chi connectivity index (χ2n) is 4.84. The van der Waals surface area contributed by atoms with Crippen molar-refractivity contribution >= 4 is 33.1 Å². The van der Waals surface area contributed by atoms with Crippen LogP contribution in [0.15, 0.2) is 34.2 Å². The van der Waals surface area contributed by atoms with E-state index in [1.54, 1.807) is 11.3 Å². The zero-order valence-corrected chi connectivity index (χ0v) is 14.3. The van der Waals surface area contributed by atoms with E-state index in [9.17, 15) is 0 Å². The maximum absolute atomic E-state index is 4.44. The molecule has 2 heterocycles. The van der Waals surface area contributed by atoms with Crippen LogP contribution in [-0.2, 0) is 13.1 Å². The average molecular weight is 354 g/mol. The molecule has 0 radical (unpaired) electrons. The minimum absolute atomic E-state index is 0.898. The van der Waals surface area contributed by atoms with E-state index in [2.05, 4.69) is 62.6 Å². The van der Waals surface area contributed by atoms with E-state index < -0.39 is 0 Å². The topological polar surface area (TPSA) is 28.2 Å². The van der Waals surface area contributed by atoms with Gasteiger partial charge in [-0.2, -0.15) is 0 Å². The number of nitrogens with zero attached hydrogens (tertiary/aromatic N) is 2. The molecule has 2 rings (SSSR count). The molecule has 108 valence electrons. The summed E-state index contributed by atoms with van der Waals surface area (Å²) in [7, 11) is 2.14. The van der Waals surface area contributed by atoms with Gasteiger partial charge in [0.05, 0.1) is 0 Å². The first kappa shape index (κ1) is 15.5.